The Morgan fingerprint density at radius 1 is 0.938 bits per heavy atom. The van der Waals surface area contributed by atoms with Crippen LogP contribution >= 0.6 is 11.3 Å². The van der Waals surface area contributed by atoms with Gasteiger partial charge in [0.1, 0.15) is 11.7 Å². The first-order valence-corrected chi connectivity index (χ1v) is 11.5. The maximum atomic E-state index is 12.8. The maximum Gasteiger partial charge on any atom is 0.267 e. The van der Waals surface area contributed by atoms with Gasteiger partial charge < -0.3 is 5.32 Å². The van der Waals surface area contributed by atoms with Crippen LogP contribution in [-0.4, -0.2) is 22.2 Å². The molecule has 6 heteroatoms. The molecule has 1 amide bonds. The quantitative estimate of drug-likeness (QED) is 0.423. The lowest BCUT2D eigenvalue weighted by Crippen LogP contribution is -2.37. The van der Waals surface area contributed by atoms with Crippen LogP contribution in [-0.2, 0) is 4.79 Å². The van der Waals surface area contributed by atoms with Gasteiger partial charge in [-0.2, -0.15) is 5.10 Å². The molecule has 0 aliphatic carbocycles. The number of nitrogens with zero attached hydrogens (tertiary/aromatic N) is 2. The zero-order chi connectivity index (χ0) is 22.3. The number of carbonyl (C=O) groups is 1. The monoisotopic (exact) mass is 443 g/mol. The van der Waals surface area contributed by atoms with Crippen molar-refractivity contribution in [3.05, 3.63) is 112 Å². The van der Waals surface area contributed by atoms with E-state index in [0.717, 1.165) is 11.3 Å². The molecule has 32 heavy (non-hydrogen) atoms. The van der Waals surface area contributed by atoms with E-state index < -0.39 is 6.04 Å². The van der Waals surface area contributed by atoms with Crippen molar-refractivity contribution < 1.29 is 4.79 Å². The molecule has 0 bridgehead atoms. The standard InChI is InChI=1S/C26H25N3O2S/c1-19(29-25(30)15-14-23(28-29)24-13-8-18-32-24)26(31)27-17-16-22(20-9-4-2-5-10-20)21-11-6-3-7-12-21/h2-15,18-19,22H,16-17H2,1H3,(H,27,31). The summed E-state index contributed by atoms with van der Waals surface area (Å²) in [5.41, 5.74) is 2.82. The lowest BCUT2D eigenvalue weighted by atomic mass is 9.88. The summed E-state index contributed by atoms with van der Waals surface area (Å²) in [6.45, 7) is 2.20. The summed E-state index contributed by atoms with van der Waals surface area (Å²) in [5, 5.41) is 9.38. The van der Waals surface area contributed by atoms with E-state index in [9.17, 15) is 9.59 Å². The number of nitrogens with one attached hydrogen (secondary N) is 1. The van der Waals surface area contributed by atoms with Crippen molar-refractivity contribution in [2.45, 2.75) is 25.3 Å². The van der Waals surface area contributed by atoms with Crippen molar-refractivity contribution in [2.24, 2.45) is 0 Å². The van der Waals surface area contributed by atoms with E-state index >= 15 is 0 Å². The van der Waals surface area contributed by atoms with E-state index in [2.05, 4.69) is 34.7 Å². The van der Waals surface area contributed by atoms with Gasteiger partial charge in [0, 0.05) is 18.5 Å². The summed E-state index contributed by atoms with van der Waals surface area (Å²) in [5.74, 6) is -0.0428. The molecule has 0 saturated carbocycles. The minimum Gasteiger partial charge on any atom is -0.354 e. The van der Waals surface area contributed by atoms with Crippen molar-refractivity contribution in [3.8, 4) is 10.6 Å². The molecule has 1 unspecified atom stereocenters. The second-order valence-corrected chi connectivity index (χ2v) is 8.56. The van der Waals surface area contributed by atoms with Crippen LogP contribution in [0.1, 0.15) is 36.4 Å². The first-order valence-electron chi connectivity index (χ1n) is 10.6. The molecule has 0 saturated heterocycles. The topological polar surface area (TPSA) is 64.0 Å². The molecule has 1 N–H and O–H groups in total. The van der Waals surface area contributed by atoms with Gasteiger partial charge in [-0.05, 0) is 42.0 Å². The molecule has 0 fully saturated rings. The largest absolute Gasteiger partial charge is 0.354 e. The summed E-state index contributed by atoms with van der Waals surface area (Å²) in [6.07, 6.45) is 0.754. The number of carbonyl (C=O) groups excluding carboxylic acids is 1. The van der Waals surface area contributed by atoms with Gasteiger partial charge in [-0.25, -0.2) is 4.68 Å². The fraction of sp³-hybridized carbons (Fsp3) is 0.192. The fourth-order valence-corrected chi connectivity index (χ4v) is 4.44. The third-order valence-electron chi connectivity index (χ3n) is 5.48. The molecular weight excluding hydrogens is 418 g/mol. The highest BCUT2D eigenvalue weighted by atomic mass is 32.1. The fourth-order valence-electron chi connectivity index (χ4n) is 3.75. The normalized spacial score (nSPS) is 11.9. The average molecular weight is 444 g/mol. The highest BCUT2D eigenvalue weighted by Crippen LogP contribution is 2.27. The Labute approximate surface area is 191 Å². The minimum absolute atomic E-state index is 0.177. The SMILES string of the molecule is CC(C(=O)NCCC(c1ccccc1)c1ccccc1)n1nc(-c2cccs2)ccc1=O. The molecule has 4 rings (SSSR count). The lowest BCUT2D eigenvalue weighted by molar-refractivity contribution is -0.124. The summed E-state index contributed by atoms with van der Waals surface area (Å²) in [7, 11) is 0. The molecule has 5 nitrogen and oxygen atoms in total. The van der Waals surface area contributed by atoms with Crippen molar-refractivity contribution in [1.82, 2.24) is 15.1 Å². The van der Waals surface area contributed by atoms with Crippen LogP contribution in [0.15, 0.2) is 95.1 Å². The van der Waals surface area contributed by atoms with E-state index in [1.807, 2.05) is 53.9 Å². The first kappa shape index (κ1) is 21.7. The van der Waals surface area contributed by atoms with Gasteiger partial charge in [-0.1, -0.05) is 66.7 Å². The molecule has 1 atom stereocenters. The summed E-state index contributed by atoms with van der Waals surface area (Å²) >= 11 is 1.55. The van der Waals surface area contributed by atoms with Crippen LogP contribution in [0.2, 0.25) is 0 Å². The van der Waals surface area contributed by atoms with Crippen LogP contribution in [0.25, 0.3) is 10.6 Å². The molecule has 162 valence electrons. The molecule has 4 aromatic rings. The van der Waals surface area contributed by atoms with Crippen LogP contribution < -0.4 is 10.9 Å². The summed E-state index contributed by atoms with van der Waals surface area (Å²) in [4.78, 5) is 26.2. The summed E-state index contributed by atoms with van der Waals surface area (Å²) in [6, 6.07) is 26.9. The van der Waals surface area contributed by atoms with Gasteiger partial charge in [-0.3, -0.25) is 9.59 Å². The van der Waals surface area contributed by atoms with Crippen LogP contribution in [0.3, 0.4) is 0 Å². The van der Waals surface area contributed by atoms with Crippen molar-refractivity contribution in [1.29, 1.82) is 0 Å². The number of rotatable bonds is 8. The molecule has 0 aliphatic rings. The molecule has 0 radical (unpaired) electrons. The van der Waals surface area contributed by atoms with E-state index in [1.54, 1.807) is 24.3 Å². The van der Waals surface area contributed by atoms with Crippen molar-refractivity contribution in [3.63, 3.8) is 0 Å². The van der Waals surface area contributed by atoms with Crippen molar-refractivity contribution in [2.75, 3.05) is 6.54 Å². The van der Waals surface area contributed by atoms with Gasteiger partial charge in [-0.15, -0.1) is 11.3 Å². The molecule has 2 heterocycles. The third kappa shape index (κ3) is 5.03. The minimum atomic E-state index is -0.700. The number of benzene rings is 2. The number of amides is 1. The Morgan fingerprint density at radius 2 is 1.59 bits per heavy atom. The predicted molar refractivity (Wildman–Crippen MR) is 129 cm³/mol. The zero-order valence-corrected chi connectivity index (χ0v) is 18.7. The second kappa shape index (κ2) is 10.2. The lowest BCUT2D eigenvalue weighted by Gasteiger charge is -2.20. The third-order valence-corrected chi connectivity index (χ3v) is 6.37. The van der Waals surface area contributed by atoms with Gasteiger partial charge in [0.15, 0.2) is 0 Å². The maximum absolute atomic E-state index is 12.8. The highest BCUT2D eigenvalue weighted by Gasteiger charge is 2.19. The molecular formula is C26H25N3O2S. The Bertz CT molecular complexity index is 1170. The first-order chi connectivity index (χ1) is 15.6. The number of thiophene rings is 1. The Kier molecular flexibility index (Phi) is 6.92. The number of hydrogen-bond donors (Lipinski definition) is 1. The van der Waals surface area contributed by atoms with Crippen molar-refractivity contribution >= 4 is 17.2 Å². The molecule has 0 spiro atoms. The van der Waals surface area contributed by atoms with Crippen LogP contribution in [0.4, 0.5) is 0 Å². The predicted octanol–water partition coefficient (Wildman–Crippen LogP) is 4.87. The smallest absolute Gasteiger partial charge is 0.267 e. The van der Waals surface area contributed by atoms with Gasteiger partial charge in [0.25, 0.3) is 5.56 Å². The van der Waals surface area contributed by atoms with Crippen LogP contribution in [0, 0.1) is 0 Å². The van der Waals surface area contributed by atoms with E-state index in [4.69, 9.17) is 0 Å². The molecule has 2 aromatic heterocycles. The number of aromatic nitrogens is 2. The Morgan fingerprint density at radius 3 is 2.19 bits per heavy atom. The Hall–Kier alpha value is -3.51. The average Bonchev–Trinajstić information content (AvgIpc) is 3.38. The highest BCUT2D eigenvalue weighted by molar-refractivity contribution is 7.13. The van der Waals surface area contributed by atoms with E-state index in [0.29, 0.717) is 12.2 Å². The van der Waals surface area contributed by atoms with E-state index in [-0.39, 0.29) is 17.4 Å². The zero-order valence-electron chi connectivity index (χ0n) is 17.8. The number of hydrogen-bond acceptors (Lipinski definition) is 4. The van der Waals surface area contributed by atoms with Gasteiger partial charge in [0.05, 0.1) is 4.88 Å². The van der Waals surface area contributed by atoms with Gasteiger partial charge >= 0.3 is 0 Å². The Balaban J connectivity index is 1.45. The summed E-state index contributed by atoms with van der Waals surface area (Å²) < 4.78 is 1.26. The van der Waals surface area contributed by atoms with Gasteiger partial charge in [0.2, 0.25) is 5.91 Å². The molecule has 0 aliphatic heterocycles. The molecule has 2 aromatic carbocycles. The van der Waals surface area contributed by atoms with E-state index in [1.165, 1.54) is 21.9 Å². The second-order valence-electron chi connectivity index (χ2n) is 7.61. The van der Waals surface area contributed by atoms with Crippen LogP contribution in [0.5, 0.6) is 0 Å².